The molecule has 1 amide bonds. The highest BCUT2D eigenvalue weighted by Crippen LogP contribution is 2.27. The van der Waals surface area contributed by atoms with Crippen LogP contribution in [0.4, 0.5) is 0 Å². The molecular weight excluding hydrogens is 200 g/mol. The Balaban J connectivity index is 2.14. The molecule has 3 nitrogen and oxygen atoms in total. The first-order valence-corrected chi connectivity index (χ1v) is 5.55. The van der Waals surface area contributed by atoms with Crippen molar-refractivity contribution >= 4 is 5.91 Å². The van der Waals surface area contributed by atoms with Gasteiger partial charge in [0.1, 0.15) is 0 Å². The molecule has 0 saturated carbocycles. The van der Waals surface area contributed by atoms with Gasteiger partial charge in [-0.1, -0.05) is 12.1 Å². The van der Waals surface area contributed by atoms with Crippen LogP contribution in [0.15, 0.2) is 37.1 Å². The molecule has 2 unspecified atom stereocenters. The molecule has 2 rings (SSSR count). The maximum absolute atomic E-state index is 11.8. The second-order valence-corrected chi connectivity index (χ2v) is 4.18. The van der Waals surface area contributed by atoms with E-state index in [1.165, 1.54) is 0 Å². The highest BCUT2D eigenvalue weighted by atomic mass is 16.2. The number of amides is 1. The van der Waals surface area contributed by atoms with Crippen molar-refractivity contribution in [2.45, 2.75) is 19.4 Å². The summed E-state index contributed by atoms with van der Waals surface area (Å²) in [6, 6.07) is 5.84. The Morgan fingerprint density at radius 2 is 2.44 bits per heavy atom. The topological polar surface area (TPSA) is 33.2 Å². The minimum Gasteiger partial charge on any atom is -0.334 e. The summed E-state index contributed by atoms with van der Waals surface area (Å²) >= 11 is 0. The third-order valence-electron chi connectivity index (χ3n) is 3.11. The molecular formula is C13H16N2O. The van der Waals surface area contributed by atoms with Gasteiger partial charge in [0.25, 0.3) is 0 Å². The van der Waals surface area contributed by atoms with E-state index in [2.05, 4.69) is 11.6 Å². The summed E-state index contributed by atoms with van der Waals surface area (Å²) in [6.45, 7) is 6.53. The fraction of sp³-hybridized carbons (Fsp3) is 0.385. The summed E-state index contributed by atoms with van der Waals surface area (Å²) in [4.78, 5) is 18.0. The summed E-state index contributed by atoms with van der Waals surface area (Å²) < 4.78 is 0. The van der Waals surface area contributed by atoms with Crippen LogP contribution in [-0.2, 0) is 4.79 Å². The molecule has 1 aromatic rings. The Bertz CT molecular complexity index is 388. The van der Waals surface area contributed by atoms with Gasteiger partial charge in [-0.3, -0.25) is 9.78 Å². The first-order valence-electron chi connectivity index (χ1n) is 5.55. The Morgan fingerprint density at radius 1 is 1.62 bits per heavy atom. The number of likely N-dealkylation sites (tertiary alicyclic amines) is 1. The van der Waals surface area contributed by atoms with Crippen molar-refractivity contribution in [1.82, 2.24) is 9.88 Å². The summed E-state index contributed by atoms with van der Waals surface area (Å²) in [5, 5.41) is 0. The standard InChI is InChI=1S/C13H16N2O/c1-3-11-8-13(16)15(9-11)10(2)12-6-4-5-7-14-12/h3-7,10-11H,1,8-9H2,2H3. The van der Waals surface area contributed by atoms with Crippen LogP contribution in [0.5, 0.6) is 0 Å². The molecule has 0 spiro atoms. The molecule has 1 saturated heterocycles. The van der Waals surface area contributed by atoms with Gasteiger partial charge in [-0.25, -0.2) is 0 Å². The van der Waals surface area contributed by atoms with Crippen molar-refractivity contribution in [3.05, 3.63) is 42.7 Å². The van der Waals surface area contributed by atoms with Crippen LogP contribution in [0.3, 0.4) is 0 Å². The normalized spacial score (nSPS) is 22.2. The van der Waals surface area contributed by atoms with E-state index in [0.29, 0.717) is 12.3 Å². The highest BCUT2D eigenvalue weighted by Gasteiger charge is 2.31. The first kappa shape index (κ1) is 10.9. The Labute approximate surface area is 95.8 Å². The van der Waals surface area contributed by atoms with E-state index in [0.717, 1.165) is 12.2 Å². The van der Waals surface area contributed by atoms with E-state index >= 15 is 0 Å². The van der Waals surface area contributed by atoms with Crippen molar-refractivity contribution in [3.63, 3.8) is 0 Å². The van der Waals surface area contributed by atoms with Gasteiger partial charge in [-0.15, -0.1) is 6.58 Å². The van der Waals surface area contributed by atoms with E-state index in [1.807, 2.05) is 36.1 Å². The first-order chi connectivity index (χ1) is 7.72. The van der Waals surface area contributed by atoms with Crippen LogP contribution < -0.4 is 0 Å². The number of carbonyl (C=O) groups excluding carboxylic acids is 1. The number of nitrogens with zero attached hydrogens (tertiary/aromatic N) is 2. The maximum Gasteiger partial charge on any atom is 0.223 e. The molecule has 1 aliphatic heterocycles. The minimum atomic E-state index is 0.0543. The molecule has 0 N–H and O–H groups in total. The fourth-order valence-corrected chi connectivity index (χ4v) is 2.08. The average Bonchev–Trinajstić information content (AvgIpc) is 2.71. The van der Waals surface area contributed by atoms with Gasteiger partial charge in [0.05, 0.1) is 11.7 Å². The minimum absolute atomic E-state index is 0.0543. The second-order valence-electron chi connectivity index (χ2n) is 4.18. The Morgan fingerprint density at radius 3 is 3.00 bits per heavy atom. The maximum atomic E-state index is 11.8. The van der Waals surface area contributed by atoms with Crippen LogP contribution in [0.2, 0.25) is 0 Å². The molecule has 0 bridgehead atoms. The number of hydrogen-bond donors (Lipinski definition) is 0. The molecule has 2 heterocycles. The van der Waals surface area contributed by atoms with Gasteiger partial charge >= 0.3 is 0 Å². The monoisotopic (exact) mass is 216 g/mol. The van der Waals surface area contributed by atoms with Crippen LogP contribution in [0.25, 0.3) is 0 Å². The van der Waals surface area contributed by atoms with Crippen molar-refractivity contribution < 1.29 is 4.79 Å². The summed E-state index contributed by atoms with van der Waals surface area (Å²) in [6.07, 6.45) is 4.21. The van der Waals surface area contributed by atoms with E-state index in [9.17, 15) is 4.79 Å². The van der Waals surface area contributed by atoms with Gasteiger partial charge in [-0.2, -0.15) is 0 Å². The largest absolute Gasteiger partial charge is 0.334 e. The fourth-order valence-electron chi connectivity index (χ4n) is 2.08. The zero-order chi connectivity index (χ0) is 11.5. The summed E-state index contributed by atoms with van der Waals surface area (Å²) in [7, 11) is 0. The quantitative estimate of drug-likeness (QED) is 0.725. The zero-order valence-corrected chi connectivity index (χ0v) is 9.47. The molecule has 1 aliphatic rings. The zero-order valence-electron chi connectivity index (χ0n) is 9.47. The predicted octanol–water partition coefficient (Wildman–Crippen LogP) is 2.18. The molecule has 0 aliphatic carbocycles. The van der Waals surface area contributed by atoms with Gasteiger partial charge < -0.3 is 4.90 Å². The lowest BCUT2D eigenvalue weighted by atomic mass is 10.1. The van der Waals surface area contributed by atoms with Gasteiger partial charge in [-0.05, 0) is 19.1 Å². The van der Waals surface area contributed by atoms with Gasteiger partial charge in [0, 0.05) is 25.1 Å². The van der Waals surface area contributed by atoms with E-state index in [4.69, 9.17) is 0 Å². The third kappa shape index (κ3) is 1.98. The lowest BCUT2D eigenvalue weighted by Crippen LogP contribution is -2.28. The lowest BCUT2D eigenvalue weighted by Gasteiger charge is -2.24. The number of carbonyl (C=O) groups is 1. The van der Waals surface area contributed by atoms with Crippen LogP contribution >= 0.6 is 0 Å². The number of rotatable bonds is 3. The van der Waals surface area contributed by atoms with Crippen molar-refractivity contribution in [2.75, 3.05) is 6.54 Å². The smallest absolute Gasteiger partial charge is 0.223 e. The SMILES string of the molecule is C=CC1CC(=O)N(C(C)c2ccccn2)C1. The molecule has 3 heteroatoms. The summed E-state index contributed by atoms with van der Waals surface area (Å²) in [5.74, 6) is 0.488. The number of aromatic nitrogens is 1. The summed E-state index contributed by atoms with van der Waals surface area (Å²) in [5.41, 5.74) is 0.945. The van der Waals surface area contributed by atoms with Crippen molar-refractivity contribution in [1.29, 1.82) is 0 Å². The van der Waals surface area contributed by atoms with Gasteiger partial charge in [0.15, 0.2) is 0 Å². The van der Waals surface area contributed by atoms with E-state index in [-0.39, 0.29) is 11.9 Å². The average molecular weight is 216 g/mol. The number of pyridine rings is 1. The molecule has 84 valence electrons. The number of hydrogen-bond acceptors (Lipinski definition) is 2. The molecule has 0 aromatic carbocycles. The molecule has 2 atom stereocenters. The van der Waals surface area contributed by atoms with Crippen LogP contribution in [0, 0.1) is 5.92 Å². The molecule has 16 heavy (non-hydrogen) atoms. The van der Waals surface area contributed by atoms with Crippen LogP contribution in [0.1, 0.15) is 25.1 Å². The highest BCUT2D eigenvalue weighted by molar-refractivity contribution is 5.79. The van der Waals surface area contributed by atoms with Gasteiger partial charge in [0.2, 0.25) is 5.91 Å². The van der Waals surface area contributed by atoms with Crippen molar-refractivity contribution in [3.8, 4) is 0 Å². The van der Waals surface area contributed by atoms with E-state index < -0.39 is 0 Å². The Hall–Kier alpha value is -1.64. The van der Waals surface area contributed by atoms with E-state index in [1.54, 1.807) is 6.20 Å². The third-order valence-corrected chi connectivity index (χ3v) is 3.11. The molecule has 1 fully saturated rings. The molecule has 1 aromatic heterocycles. The molecule has 0 radical (unpaired) electrons. The predicted molar refractivity (Wildman–Crippen MR) is 62.7 cm³/mol. The Kier molecular flexibility index (Phi) is 3.04. The lowest BCUT2D eigenvalue weighted by molar-refractivity contribution is -0.129. The van der Waals surface area contributed by atoms with Crippen LogP contribution in [-0.4, -0.2) is 22.3 Å². The second kappa shape index (κ2) is 4.47. The van der Waals surface area contributed by atoms with Crippen molar-refractivity contribution in [2.24, 2.45) is 5.92 Å².